The van der Waals surface area contributed by atoms with Crippen molar-refractivity contribution in [1.82, 2.24) is 18.9 Å². The summed E-state index contributed by atoms with van der Waals surface area (Å²) in [6.45, 7) is 5.46. The lowest BCUT2D eigenvalue weighted by molar-refractivity contribution is 0.317. The molecule has 152 valence electrons. The molecule has 1 saturated heterocycles. The van der Waals surface area contributed by atoms with Gasteiger partial charge in [0.2, 0.25) is 0 Å². The monoisotopic (exact) mass is 410 g/mol. The van der Waals surface area contributed by atoms with Crippen molar-refractivity contribution in [3.63, 3.8) is 0 Å². The zero-order valence-corrected chi connectivity index (χ0v) is 17.6. The number of likely N-dealkylation sites (tertiary alicyclic amines) is 1. The first-order valence-corrected chi connectivity index (χ1v) is 11.2. The van der Waals surface area contributed by atoms with Crippen LogP contribution in [0.1, 0.15) is 23.3 Å². The predicted molar refractivity (Wildman–Crippen MR) is 117 cm³/mol. The molecule has 0 unspecified atom stereocenters. The Morgan fingerprint density at radius 2 is 1.76 bits per heavy atom. The van der Waals surface area contributed by atoms with Crippen LogP contribution >= 0.6 is 11.3 Å². The van der Waals surface area contributed by atoms with Gasteiger partial charge in [-0.3, -0.25) is 9.36 Å². The number of hydrogen-bond donors (Lipinski definition) is 0. The second kappa shape index (κ2) is 7.55. The van der Waals surface area contributed by atoms with E-state index in [4.69, 9.17) is 0 Å². The minimum Gasteiger partial charge on any atom is -0.302 e. The Kier molecular flexibility index (Phi) is 4.89. The molecule has 0 aliphatic carbocycles. The second-order valence-electron chi connectivity index (χ2n) is 8.13. The molecule has 1 aromatic carbocycles. The topological polar surface area (TPSA) is 50.5 Å². The van der Waals surface area contributed by atoms with E-state index < -0.39 is 0 Å². The quantitative estimate of drug-likeness (QED) is 0.662. The smallest absolute Gasteiger partial charge is 0.302 e. The Bertz CT molecular complexity index is 1160. The molecule has 0 amide bonds. The van der Waals surface area contributed by atoms with E-state index >= 15 is 0 Å². The van der Waals surface area contributed by atoms with E-state index in [1.807, 2.05) is 34.9 Å². The molecular weight excluding hydrogens is 384 g/mol. The molecule has 0 atom stereocenters. The van der Waals surface area contributed by atoms with E-state index in [0.29, 0.717) is 12.2 Å². The summed E-state index contributed by atoms with van der Waals surface area (Å²) >= 11 is 1.63. The fourth-order valence-electron chi connectivity index (χ4n) is 4.58. The first-order valence-electron chi connectivity index (χ1n) is 10.4. The van der Waals surface area contributed by atoms with Gasteiger partial charge in [0.05, 0.1) is 11.1 Å². The molecule has 2 aliphatic heterocycles. The number of hydrogen-bond acceptors (Lipinski definition) is 5. The second-order valence-corrected chi connectivity index (χ2v) is 9.21. The van der Waals surface area contributed by atoms with Gasteiger partial charge in [-0.2, -0.15) is 0 Å². The number of benzene rings is 1. The van der Waals surface area contributed by atoms with Crippen molar-refractivity contribution in [3.05, 3.63) is 61.6 Å². The first-order chi connectivity index (χ1) is 14.1. The third-order valence-electron chi connectivity index (χ3n) is 6.17. The lowest BCUT2D eigenvalue weighted by atomic mass is 10.1. The van der Waals surface area contributed by atoms with E-state index in [1.165, 1.54) is 22.3 Å². The van der Waals surface area contributed by atoms with Crippen LogP contribution in [0.2, 0.25) is 0 Å². The molecule has 0 spiro atoms. The molecule has 2 aromatic heterocycles. The molecule has 0 radical (unpaired) electrons. The average Bonchev–Trinajstić information content (AvgIpc) is 3.36. The highest BCUT2D eigenvalue weighted by Gasteiger charge is 2.25. The lowest BCUT2D eigenvalue weighted by Gasteiger charge is -2.21. The molecule has 0 bridgehead atoms. The largest absolute Gasteiger partial charge is 0.336 e. The predicted octanol–water partition coefficient (Wildman–Crippen LogP) is 2.30. The molecular formula is C22H26N4O2S. The summed E-state index contributed by atoms with van der Waals surface area (Å²) in [7, 11) is 2.11. The maximum Gasteiger partial charge on any atom is 0.336 e. The molecule has 2 aliphatic rings. The third kappa shape index (κ3) is 3.27. The number of nitrogens with zero attached hydrogens (tertiary/aromatic N) is 4. The molecule has 0 saturated carbocycles. The molecule has 6 nitrogen and oxygen atoms in total. The standard InChI is InChI=1S/C22H26N4O2S/c1-23-12-9-17-18(15-23)29-21-19(17)20(27)26(16-7-3-2-4-8-16)22(28)25(21)14-13-24-10-5-6-11-24/h2-4,7-8H,5-6,9-15H2,1H3. The van der Waals surface area contributed by atoms with Gasteiger partial charge in [-0.05, 0) is 57.1 Å². The van der Waals surface area contributed by atoms with Crippen LogP contribution in [0.3, 0.4) is 0 Å². The fourth-order valence-corrected chi connectivity index (χ4v) is 6.02. The Hall–Kier alpha value is -2.22. The molecule has 3 aromatic rings. The van der Waals surface area contributed by atoms with Gasteiger partial charge in [-0.25, -0.2) is 9.36 Å². The molecule has 0 N–H and O–H groups in total. The third-order valence-corrected chi connectivity index (χ3v) is 7.41. The van der Waals surface area contributed by atoms with Crippen LogP contribution in [0.15, 0.2) is 39.9 Å². The number of aromatic nitrogens is 2. The Morgan fingerprint density at radius 3 is 2.52 bits per heavy atom. The van der Waals surface area contributed by atoms with Crippen molar-refractivity contribution in [2.45, 2.75) is 32.4 Å². The number of rotatable bonds is 4. The van der Waals surface area contributed by atoms with E-state index in [2.05, 4.69) is 16.8 Å². The maximum atomic E-state index is 13.5. The van der Waals surface area contributed by atoms with Gasteiger partial charge in [0.15, 0.2) is 0 Å². The molecule has 5 rings (SSSR count). The first kappa shape index (κ1) is 18.8. The summed E-state index contributed by atoms with van der Waals surface area (Å²) in [4.78, 5) is 33.8. The van der Waals surface area contributed by atoms with Crippen molar-refractivity contribution < 1.29 is 0 Å². The summed E-state index contributed by atoms with van der Waals surface area (Å²) in [5.41, 5.74) is 1.40. The van der Waals surface area contributed by atoms with Crippen molar-refractivity contribution in [2.75, 3.05) is 33.2 Å². The summed E-state index contributed by atoms with van der Waals surface area (Å²) in [5, 5.41) is 0.753. The summed E-state index contributed by atoms with van der Waals surface area (Å²) < 4.78 is 3.22. The van der Waals surface area contributed by atoms with Crippen LogP contribution < -0.4 is 11.2 Å². The Labute approximate surface area is 173 Å². The highest BCUT2D eigenvalue weighted by molar-refractivity contribution is 7.18. The van der Waals surface area contributed by atoms with Gasteiger partial charge in [0.1, 0.15) is 4.83 Å². The van der Waals surface area contributed by atoms with E-state index in [9.17, 15) is 9.59 Å². The molecule has 29 heavy (non-hydrogen) atoms. The SMILES string of the molecule is CN1CCc2c(sc3c2c(=O)n(-c2ccccc2)c(=O)n3CCN2CCCC2)C1. The zero-order chi connectivity index (χ0) is 20.0. The summed E-state index contributed by atoms with van der Waals surface area (Å²) in [6, 6.07) is 9.33. The number of thiophene rings is 1. The van der Waals surface area contributed by atoms with Crippen LogP contribution in [0.25, 0.3) is 15.9 Å². The van der Waals surface area contributed by atoms with Gasteiger partial charge in [0.25, 0.3) is 5.56 Å². The van der Waals surface area contributed by atoms with Crippen molar-refractivity contribution in [1.29, 1.82) is 0 Å². The van der Waals surface area contributed by atoms with Gasteiger partial charge >= 0.3 is 5.69 Å². The van der Waals surface area contributed by atoms with Gasteiger partial charge < -0.3 is 9.80 Å². The number of fused-ring (bicyclic) bond motifs is 3. The molecule has 7 heteroatoms. The number of para-hydroxylation sites is 1. The van der Waals surface area contributed by atoms with Crippen LogP contribution in [0.4, 0.5) is 0 Å². The summed E-state index contributed by atoms with van der Waals surface area (Å²) in [5.74, 6) is 0. The van der Waals surface area contributed by atoms with E-state index in [-0.39, 0.29) is 11.2 Å². The Balaban J connectivity index is 1.72. The fraction of sp³-hybridized carbons (Fsp3) is 0.455. The van der Waals surface area contributed by atoms with Crippen LogP contribution in [0.5, 0.6) is 0 Å². The zero-order valence-electron chi connectivity index (χ0n) is 16.8. The van der Waals surface area contributed by atoms with Crippen molar-refractivity contribution in [3.8, 4) is 5.69 Å². The number of likely N-dealkylation sites (N-methyl/N-ethyl adjacent to an activating group) is 1. The van der Waals surface area contributed by atoms with Crippen molar-refractivity contribution in [2.24, 2.45) is 0 Å². The minimum atomic E-state index is -0.222. The highest BCUT2D eigenvalue weighted by Crippen LogP contribution is 2.32. The van der Waals surface area contributed by atoms with E-state index in [1.54, 1.807) is 11.3 Å². The van der Waals surface area contributed by atoms with Crippen LogP contribution in [-0.4, -0.2) is 52.2 Å². The lowest BCUT2D eigenvalue weighted by Crippen LogP contribution is -2.40. The minimum absolute atomic E-state index is 0.171. The van der Waals surface area contributed by atoms with E-state index in [0.717, 1.165) is 54.9 Å². The molecule has 1 fully saturated rings. The summed E-state index contributed by atoms with van der Waals surface area (Å²) in [6.07, 6.45) is 3.32. The van der Waals surface area contributed by atoms with Crippen molar-refractivity contribution >= 4 is 21.6 Å². The van der Waals surface area contributed by atoms with Gasteiger partial charge in [0, 0.05) is 31.1 Å². The maximum absolute atomic E-state index is 13.5. The van der Waals surface area contributed by atoms with Crippen LogP contribution in [0, 0.1) is 0 Å². The average molecular weight is 411 g/mol. The highest BCUT2D eigenvalue weighted by atomic mass is 32.1. The Morgan fingerprint density at radius 1 is 1.00 bits per heavy atom. The van der Waals surface area contributed by atoms with Gasteiger partial charge in [-0.15, -0.1) is 11.3 Å². The van der Waals surface area contributed by atoms with Gasteiger partial charge in [-0.1, -0.05) is 18.2 Å². The normalized spacial score (nSPS) is 17.8. The molecule has 4 heterocycles. The van der Waals surface area contributed by atoms with Crippen LogP contribution in [-0.2, 0) is 19.5 Å².